The van der Waals surface area contributed by atoms with Gasteiger partial charge in [-0.2, -0.15) is 5.26 Å². The largest absolute Gasteiger partial charge is 0.368 e. The standard InChI is InChI=1S/C13H16BrClN2/c1-10(2)17(7-3-6-16)12-5-4-11(9-14)13(15)8-12/h4-5,8,10H,3,7,9H2,1-2H3. The molecular weight excluding hydrogens is 300 g/mol. The quantitative estimate of drug-likeness (QED) is 0.755. The van der Waals surface area contributed by atoms with Gasteiger partial charge in [-0.05, 0) is 31.5 Å². The molecule has 92 valence electrons. The molecule has 1 aromatic carbocycles. The minimum atomic E-state index is 0.356. The second kappa shape index (κ2) is 6.88. The van der Waals surface area contributed by atoms with E-state index in [1.807, 2.05) is 12.1 Å². The van der Waals surface area contributed by atoms with Crippen molar-refractivity contribution in [1.82, 2.24) is 0 Å². The van der Waals surface area contributed by atoms with Crippen molar-refractivity contribution in [3.8, 4) is 6.07 Å². The summed E-state index contributed by atoms with van der Waals surface area (Å²) in [6, 6.07) is 8.58. The zero-order chi connectivity index (χ0) is 12.8. The minimum absolute atomic E-state index is 0.356. The highest BCUT2D eigenvalue weighted by Crippen LogP contribution is 2.26. The van der Waals surface area contributed by atoms with Gasteiger partial charge >= 0.3 is 0 Å². The van der Waals surface area contributed by atoms with Crippen molar-refractivity contribution < 1.29 is 0 Å². The molecule has 0 radical (unpaired) electrons. The molecule has 17 heavy (non-hydrogen) atoms. The average Bonchev–Trinajstić information content (AvgIpc) is 2.29. The highest BCUT2D eigenvalue weighted by Gasteiger charge is 2.11. The van der Waals surface area contributed by atoms with E-state index in [4.69, 9.17) is 16.9 Å². The van der Waals surface area contributed by atoms with Gasteiger partial charge in [-0.25, -0.2) is 0 Å². The monoisotopic (exact) mass is 314 g/mol. The lowest BCUT2D eigenvalue weighted by molar-refractivity contribution is 0.686. The molecule has 4 heteroatoms. The van der Waals surface area contributed by atoms with Gasteiger partial charge in [0.2, 0.25) is 0 Å². The highest BCUT2D eigenvalue weighted by atomic mass is 79.9. The Hall–Kier alpha value is -0.720. The van der Waals surface area contributed by atoms with Gasteiger partial charge < -0.3 is 4.90 Å². The zero-order valence-corrected chi connectivity index (χ0v) is 12.4. The van der Waals surface area contributed by atoms with Gasteiger partial charge in [-0.3, -0.25) is 0 Å². The first-order valence-corrected chi connectivity index (χ1v) is 7.08. The first kappa shape index (κ1) is 14.3. The van der Waals surface area contributed by atoms with Gasteiger partial charge in [0.25, 0.3) is 0 Å². The molecule has 0 aromatic heterocycles. The number of rotatable bonds is 5. The first-order valence-electron chi connectivity index (χ1n) is 5.58. The number of hydrogen-bond acceptors (Lipinski definition) is 2. The summed E-state index contributed by atoms with van der Waals surface area (Å²) in [5.74, 6) is 0. The fourth-order valence-electron chi connectivity index (χ4n) is 1.68. The van der Waals surface area contributed by atoms with E-state index >= 15 is 0 Å². The lowest BCUT2D eigenvalue weighted by Crippen LogP contribution is -2.31. The van der Waals surface area contributed by atoms with E-state index in [0.29, 0.717) is 12.5 Å². The normalized spacial score (nSPS) is 10.4. The van der Waals surface area contributed by atoms with Crippen molar-refractivity contribution in [2.75, 3.05) is 11.4 Å². The molecule has 0 bridgehead atoms. The molecule has 0 unspecified atom stereocenters. The summed E-state index contributed by atoms with van der Waals surface area (Å²) >= 11 is 9.59. The van der Waals surface area contributed by atoms with E-state index in [0.717, 1.165) is 28.1 Å². The Labute approximate surface area is 116 Å². The Morgan fingerprint density at radius 3 is 2.65 bits per heavy atom. The maximum absolute atomic E-state index is 8.67. The van der Waals surface area contributed by atoms with Crippen LogP contribution in [-0.4, -0.2) is 12.6 Å². The predicted molar refractivity (Wildman–Crippen MR) is 76.8 cm³/mol. The SMILES string of the molecule is CC(C)N(CCC#N)c1ccc(CBr)c(Cl)c1. The van der Waals surface area contributed by atoms with E-state index in [1.54, 1.807) is 0 Å². The summed E-state index contributed by atoms with van der Waals surface area (Å²) in [7, 11) is 0. The van der Waals surface area contributed by atoms with Crippen LogP contribution < -0.4 is 4.90 Å². The van der Waals surface area contributed by atoms with Gasteiger partial charge in [-0.15, -0.1) is 0 Å². The van der Waals surface area contributed by atoms with E-state index < -0.39 is 0 Å². The molecule has 0 atom stereocenters. The van der Waals surface area contributed by atoms with Gasteiger partial charge in [0.05, 0.1) is 12.5 Å². The Balaban J connectivity index is 2.95. The summed E-state index contributed by atoms with van der Waals surface area (Å²) in [6.07, 6.45) is 0.524. The van der Waals surface area contributed by atoms with Crippen molar-refractivity contribution in [2.24, 2.45) is 0 Å². The third kappa shape index (κ3) is 3.90. The molecule has 2 nitrogen and oxygen atoms in total. The third-order valence-electron chi connectivity index (χ3n) is 2.60. The van der Waals surface area contributed by atoms with Crippen molar-refractivity contribution >= 4 is 33.2 Å². The van der Waals surface area contributed by atoms with Gasteiger partial charge in [-0.1, -0.05) is 33.6 Å². The molecular formula is C13H16BrClN2. The lowest BCUT2D eigenvalue weighted by atomic mass is 10.2. The maximum Gasteiger partial charge on any atom is 0.0640 e. The molecule has 0 fully saturated rings. The van der Waals surface area contributed by atoms with Gasteiger partial charge in [0.1, 0.15) is 0 Å². The summed E-state index contributed by atoms with van der Waals surface area (Å²) in [6.45, 7) is 4.96. The van der Waals surface area contributed by atoms with E-state index in [-0.39, 0.29) is 0 Å². The van der Waals surface area contributed by atoms with E-state index in [9.17, 15) is 0 Å². The zero-order valence-electron chi connectivity index (χ0n) is 10.1. The van der Waals surface area contributed by atoms with Crippen molar-refractivity contribution in [3.05, 3.63) is 28.8 Å². The number of halogens is 2. The van der Waals surface area contributed by atoms with Crippen LogP contribution in [0.5, 0.6) is 0 Å². The Bertz CT molecular complexity index is 412. The van der Waals surface area contributed by atoms with Crippen LogP contribution in [0.4, 0.5) is 5.69 Å². The molecule has 0 aliphatic carbocycles. The minimum Gasteiger partial charge on any atom is -0.368 e. The number of nitrogens with zero attached hydrogens (tertiary/aromatic N) is 2. The molecule has 1 aromatic rings. The number of hydrogen-bond donors (Lipinski definition) is 0. The molecule has 0 aliphatic heterocycles. The number of alkyl halides is 1. The van der Waals surface area contributed by atoms with E-state index in [2.05, 4.69) is 46.8 Å². The van der Waals surface area contributed by atoms with Gasteiger partial charge in [0.15, 0.2) is 0 Å². The molecule has 0 amide bonds. The van der Waals surface area contributed by atoms with E-state index in [1.165, 1.54) is 0 Å². The maximum atomic E-state index is 8.67. The van der Waals surface area contributed by atoms with Crippen molar-refractivity contribution in [1.29, 1.82) is 5.26 Å². The third-order valence-corrected chi connectivity index (χ3v) is 3.56. The number of anilines is 1. The second-order valence-corrected chi connectivity index (χ2v) is 5.07. The smallest absolute Gasteiger partial charge is 0.0640 e. The van der Waals surface area contributed by atoms with Crippen molar-refractivity contribution in [2.45, 2.75) is 31.6 Å². The highest BCUT2D eigenvalue weighted by molar-refractivity contribution is 9.08. The molecule has 1 rings (SSSR count). The summed E-state index contributed by atoms with van der Waals surface area (Å²) in [4.78, 5) is 2.19. The summed E-state index contributed by atoms with van der Waals surface area (Å²) < 4.78 is 0. The molecule has 0 N–H and O–H groups in total. The van der Waals surface area contributed by atoms with Crippen LogP contribution in [0.25, 0.3) is 0 Å². The predicted octanol–water partition coefficient (Wildman–Crippen LogP) is 4.36. The fourth-order valence-corrected chi connectivity index (χ4v) is 2.57. The Morgan fingerprint density at radius 1 is 1.47 bits per heavy atom. The summed E-state index contributed by atoms with van der Waals surface area (Å²) in [5, 5.41) is 10.2. The van der Waals surface area contributed by atoms with Crippen LogP contribution in [0.15, 0.2) is 18.2 Å². The molecule has 0 aliphatic rings. The van der Waals surface area contributed by atoms with Crippen LogP contribution in [0.2, 0.25) is 5.02 Å². The van der Waals surface area contributed by atoms with Crippen LogP contribution in [0.3, 0.4) is 0 Å². The average molecular weight is 316 g/mol. The first-order chi connectivity index (χ1) is 8.10. The Morgan fingerprint density at radius 2 is 2.18 bits per heavy atom. The number of nitriles is 1. The van der Waals surface area contributed by atoms with Crippen LogP contribution >= 0.6 is 27.5 Å². The molecule has 0 heterocycles. The van der Waals surface area contributed by atoms with Crippen LogP contribution in [-0.2, 0) is 5.33 Å². The molecule has 0 spiro atoms. The fraction of sp³-hybridized carbons (Fsp3) is 0.462. The van der Waals surface area contributed by atoms with Crippen molar-refractivity contribution in [3.63, 3.8) is 0 Å². The summed E-state index contributed by atoms with van der Waals surface area (Å²) in [5.41, 5.74) is 2.16. The Kier molecular flexibility index (Phi) is 5.80. The van der Waals surface area contributed by atoms with Crippen LogP contribution in [0.1, 0.15) is 25.8 Å². The number of benzene rings is 1. The molecule has 0 saturated carbocycles. The molecule has 0 saturated heterocycles. The second-order valence-electron chi connectivity index (χ2n) is 4.10. The lowest BCUT2D eigenvalue weighted by Gasteiger charge is -2.28. The topological polar surface area (TPSA) is 27.0 Å². The van der Waals surface area contributed by atoms with Crippen LogP contribution in [0, 0.1) is 11.3 Å². The van der Waals surface area contributed by atoms with Gasteiger partial charge in [0, 0.05) is 28.6 Å².